The molecule has 2 rings (SSSR count). The zero-order valence-corrected chi connectivity index (χ0v) is 8.88. The highest BCUT2D eigenvalue weighted by Gasteiger charge is 2.04. The fourth-order valence-electron chi connectivity index (χ4n) is 1.35. The van der Waals surface area contributed by atoms with E-state index in [2.05, 4.69) is 15.0 Å². The number of anilines is 1. The molecule has 0 atom stereocenters. The van der Waals surface area contributed by atoms with Crippen LogP contribution in [0.2, 0.25) is 0 Å². The van der Waals surface area contributed by atoms with Gasteiger partial charge in [-0.15, -0.1) is 0 Å². The van der Waals surface area contributed by atoms with Crippen LogP contribution in [-0.4, -0.2) is 28.5 Å². The Labute approximate surface area is 93.4 Å². The number of hydrogen-bond donors (Lipinski definition) is 1. The van der Waals surface area contributed by atoms with Crippen LogP contribution in [0, 0.1) is 11.3 Å². The molecule has 0 aliphatic heterocycles. The maximum atomic E-state index is 8.55. The molecule has 2 aromatic rings. The van der Waals surface area contributed by atoms with Gasteiger partial charge in [0.15, 0.2) is 0 Å². The number of rotatable bonds is 3. The van der Waals surface area contributed by atoms with Crippen molar-refractivity contribution in [3.05, 3.63) is 30.9 Å². The molecule has 0 bridgehead atoms. The molecule has 0 unspecified atom stereocenters. The largest absolute Gasteiger partial charge is 0.367 e. The van der Waals surface area contributed by atoms with E-state index in [4.69, 9.17) is 5.26 Å². The van der Waals surface area contributed by atoms with Crippen molar-refractivity contribution in [2.75, 3.05) is 18.5 Å². The predicted octanol–water partition coefficient (Wildman–Crippen LogP) is 1.43. The van der Waals surface area contributed by atoms with E-state index in [0.717, 1.165) is 11.1 Å². The number of nitrogens with one attached hydrogen (secondary N) is 1. The number of H-pyrrole nitrogens is 1. The number of nitrogens with zero attached hydrogens (tertiary/aromatic N) is 4. The van der Waals surface area contributed by atoms with Crippen molar-refractivity contribution in [2.24, 2.45) is 0 Å². The summed E-state index contributed by atoms with van der Waals surface area (Å²) >= 11 is 0. The van der Waals surface area contributed by atoms with Gasteiger partial charge in [-0.1, -0.05) is 0 Å². The molecule has 2 heterocycles. The van der Waals surface area contributed by atoms with Gasteiger partial charge in [0.05, 0.1) is 6.07 Å². The maximum Gasteiger partial charge on any atom is 0.225 e. The maximum absolute atomic E-state index is 8.55. The van der Waals surface area contributed by atoms with Gasteiger partial charge in [0, 0.05) is 43.0 Å². The van der Waals surface area contributed by atoms with E-state index >= 15 is 0 Å². The summed E-state index contributed by atoms with van der Waals surface area (Å²) in [6.07, 6.45) is 7.24. The zero-order valence-electron chi connectivity index (χ0n) is 8.88. The van der Waals surface area contributed by atoms with Crippen LogP contribution in [0.15, 0.2) is 30.9 Å². The van der Waals surface area contributed by atoms with E-state index < -0.39 is 0 Å². The molecule has 0 amide bonds. The van der Waals surface area contributed by atoms with Crippen molar-refractivity contribution in [1.29, 1.82) is 5.26 Å². The standard InChI is InChI=1S/C11H11N5/c1-16(5-3-12)11-14-7-10(8-15-11)9-2-4-13-6-9/h2,4,6-8,13H,5H2,1H3. The molecule has 0 aliphatic rings. The Bertz CT molecular complexity index is 480. The van der Waals surface area contributed by atoms with Crippen LogP contribution in [-0.2, 0) is 0 Å². The van der Waals surface area contributed by atoms with Gasteiger partial charge < -0.3 is 9.88 Å². The molecule has 0 saturated heterocycles. The highest BCUT2D eigenvalue weighted by atomic mass is 15.2. The van der Waals surface area contributed by atoms with Gasteiger partial charge in [-0.25, -0.2) is 9.97 Å². The third kappa shape index (κ3) is 2.01. The Hall–Kier alpha value is -2.35. The van der Waals surface area contributed by atoms with E-state index in [1.807, 2.05) is 24.5 Å². The summed E-state index contributed by atoms with van der Waals surface area (Å²) in [5, 5.41) is 8.55. The van der Waals surface area contributed by atoms with Crippen LogP contribution in [0.25, 0.3) is 11.1 Å². The highest BCUT2D eigenvalue weighted by molar-refractivity contribution is 5.61. The quantitative estimate of drug-likeness (QED) is 0.783. The van der Waals surface area contributed by atoms with E-state index in [9.17, 15) is 0 Å². The fraction of sp³-hybridized carbons (Fsp3) is 0.182. The van der Waals surface area contributed by atoms with Gasteiger partial charge >= 0.3 is 0 Å². The summed E-state index contributed by atoms with van der Waals surface area (Å²) in [7, 11) is 1.79. The molecular formula is C11H11N5. The monoisotopic (exact) mass is 213 g/mol. The van der Waals surface area contributed by atoms with Gasteiger partial charge in [-0.3, -0.25) is 0 Å². The Balaban J connectivity index is 2.20. The number of aromatic nitrogens is 3. The molecule has 0 aromatic carbocycles. The van der Waals surface area contributed by atoms with Crippen molar-refractivity contribution >= 4 is 5.95 Å². The summed E-state index contributed by atoms with van der Waals surface area (Å²) in [6, 6.07) is 4.00. The first-order chi connectivity index (χ1) is 7.81. The van der Waals surface area contributed by atoms with E-state index in [1.54, 1.807) is 24.3 Å². The molecule has 5 nitrogen and oxygen atoms in total. The van der Waals surface area contributed by atoms with Crippen molar-refractivity contribution in [2.45, 2.75) is 0 Å². The van der Waals surface area contributed by atoms with Crippen molar-refractivity contribution in [3.63, 3.8) is 0 Å². The van der Waals surface area contributed by atoms with Crippen molar-refractivity contribution < 1.29 is 0 Å². The minimum Gasteiger partial charge on any atom is -0.367 e. The molecule has 16 heavy (non-hydrogen) atoms. The van der Waals surface area contributed by atoms with E-state index in [1.165, 1.54) is 0 Å². The van der Waals surface area contributed by atoms with Crippen LogP contribution in [0.3, 0.4) is 0 Å². The summed E-state index contributed by atoms with van der Waals surface area (Å²) in [6.45, 7) is 0.281. The van der Waals surface area contributed by atoms with Crippen molar-refractivity contribution in [1.82, 2.24) is 15.0 Å². The van der Waals surface area contributed by atoms with E-state index in [-0.39, 0.29) is 6.54 Å². The Morgan fingerprint density at radius 1 is 1.38 bits per heavy atom. The van der Waals surface area contributed by atoms with Crippen LogP contribution in [0.1, 0.15) is 0 Å². The molecular weight excluding hydrogens is 202 g/mol. The first-order valence-electron chi connectivity index (χ1n) is 4.84. The molecule has 0 spiro atoms. The minimum atomic E-state index is 0.281. The van der Waals surface area contributed by atoms with Gasteiger partial charge in [0.1, 0.15) is 6.54 Å². The van der Waals surface area contributed by atoms with Crippen LogP contribution in [0.4, 0.5) is 5.95 Å². The number of hydrogen-bond acceptors (Lipinski definition) is 4. The SMILES string of the molecule is CN(CC#N)c1ncc(-c2cc[nH]c2)cn1. The summed E-state index contributed by atoms with van der Waals surface area (Å²) < 4.78 is 0. The zero-order chi connectivity index (χ0) is 11.4. The van der Waals surface area contributed by atoms with Crippen LogP contribution >= 0.6 is 0 Å². The highest BCUT2D eigenvalue weighted by Crippen LogP contribution is 2.17. The summed E-state index contributed by atoms with van der Waals surface area (Å²) in [4.78, 5) is 13.1. The Morgan fingerprint density at radius 2 is 2.12 bits per heavy atom. The molecule has 0 saturated carbocycles. The lowest BCUT2D eigenvalue weighted by Gasteiger charge is -2.12. The second kappa shape index (κ2) is 4.45. The molecule has 5 heteroatoms. The molecule has 0 aliphatic carbocycles. The average molecular weight is 213 g/mol. The minimum absolute atomic E-state index is 0.281. The van der Waals surface area contributed by atoms with Crippen LogP contribution < -0.4 is 4.90 Å². The lowest BCUT2D eigenvalue weighted by atomic mass is 10.2. The molecule has 0 fully saturated rings. The fourth-order valence-corrected chi connectivity index (χ4v) is 1.35. The van der Waals surface area contributed by atoms with Crippen molar-refractivity contribution in [3.8, 4) is 17.2 Å². The third-order valence-electron chi connectivity index (χ3n) is 2.22. The number of nitriles is 1. The Morgan fingerprint density at radius 3 is 2.69 bits per heavy atom. The first-order valence-corrected chi connectivity index (χ1v) is 4.84. The van der Waals surface area contributed by atoms with Gasteiger partial charge in [-0.05, 0) is 6.07 Å². The molecule has 80 valence electrons. The second-order valence-corrected chi connectivity index (χ2v) is 3.39. The Kier molecular flexibility index (Phi) is 2.83. The third-order valence-corrected chi connectivity index (χ3v) is 2.22. The smallest absolute Gasteiger partial charge is 0.225 e. The molecule has 1 N–H and O–H groups in total. The van der Waals surface area contributed by atoms with Gasteiger partial charge in [-0.2, -0.15) is 5.26 Å². The predicted molar refractivity (Wildman–Crippen MR) is 60.7 cm³/mol. The van der Waals surface area contributed by atoms with Gasteiger partial charge in [0.25, 0.3) is 0 Å². The second-order valence-electron chi connectivity index (χ2n) is 3.39. The summed E-state index contributed by atoms with van der Waals surface area (Å²) in [5.41, 5.74) is 2.00. The average Bonchev–Trinajstić information content (AvgIpc) is 2.83. The lowest BCUT2D eigenvalue weighted by Crippen LogP contribution is -2.19. The normalized spacial score (nSPS) is 9.75. The van der Waals surface area contributed by atoms with Crippen LogP contribution in [0.5, 0.6) is 0 Å². The topological polar surface area (TPSA) is 68.6 Å². The van der Waals surface area contributed by atoms with Gasteiger partial charge in [0.2, 0.25) is 5.95 Å². The molecule has 2 aromatic heterocycles. The molecule has 0 radical (unpaired) electrons. The van der Waals surface area contributed by atoms with E-state index in [0.29, 0.717) is 5.95 Å². The number of aromatic amines is 1. The first kappa shape index (κ1) is 10.2. The summed E-state index contributed by atoms with van der Waals surface area (Å²) in [5.74, 6) is 0.556. The lowest BCUT2D eigenvalue weighted by molar-refractivity contribution is 0.947.